The first-order chi connectivity index (χ1) is 9.70. The van der Waals surface area contributed by atoms with Crippen molar-refractivity contribution in [1.29, 1.82) is 0 Å². The van der Waals surface area contributed by atoms with E-state index in [0.717, 1.165) is 56.0 Å². The van der Waals surface area contributed by atoms with E-state index in [1.807, 2.05) is 6.92 Å². The summed E-state index contributed by atoms with van der Waals surface area (Å²) < 4.78 is 2.05. The molecule has 0 unspecified atom stereocenters. The lowest BCUT2D eigenvalue weighted by Crippen LogP contribution is -2.50. The van der Waals surface area contributed by atoms with E-state index in [0.29, 0.717) is 0 Å². The summed E-state index contributed by atoms with van der Waals surface area (Å²) in [6.45, 7) is 9.49. The van der Waals surface area contributed by atoms with E-state index in [9.17, 15) is 0 Å². The normalized spacial score (nSPS) is 21.8. The quantitative estimate of drug-likeness (QED) is 0.916. The number of piperazine rings is 1. The Kier molecular flexibility index (Phi) is 3.87. The van der Waals surface area contributed by atoms with Crippen LogP contribution in [0.25, 0.3) is 0 Å². The maximum absolute atomic E-state index is 6.23. The highest BCUT2D eigenvalue weighted by molar-refractivity contribution is 5.66. The van der Waals surface area contributed by atoms with Gasteiger partial charge in [-0.15, -0.1) is 0 Å². The number of aromatic nitrogens is 2. The van der Waals surface area contributed by atoms with Crippen molar-refractivity contribution < 1.29 is 0 Å². The summed E-state index contributed by atoms with van der Waals surface area (Å²) >= 11 is 0. The number of nitrogen functional groups attached to an aromatic ring is 1. The third kappa shape index (κ3) is 2.39. The molecule has 0 atom stereocenters. The van der Waals surface area contributed by atoms with Gasteiger partial charge in [0.2, 0.25) is 0 Å². The Morgan fingerprint density at radius 1 is 1.15 bits per heavy atom. The van der Waals surface area contributed by atoms with E-state index in [1.54, 1.807) is 0 Å². The minimum absolute atomic E-state index is 0.840. The fraction of sp³-hybridized carbons (Fsp3) is 0.800. The molecular formula is C15H27N5. The summed E-state index contributed by atoms with van der Waals surface area (Å²) in [5, 5.41) is 4.54. The van der Waals surface area contributed by atoms with E-state index in [4.69, 9.17) is 5.73 Å². The van der Waals surface area contributed by atoms with Crippen molar-refractivity contribution in [3.8, 4) is 0 Å². The van der Waals surface area contributed by atoms with Gasteiger partial charge in [-0.25, -0.2) is 4.68 Å². The standard InChI is InChI=1S/C15H27N5/c1-3-20-15(14(16)12(2)17-20)19-10-8-18(9-11-19)13-6-4-5-7-13/h13H,3-11,16H2,1-2H3. The zero-order chi connectivity index (χ0) is 14.1. The molecule has 2 fully saturated rings. The minimum Gasteiger partial charge on any atom is -0.394 e. The maximum Gasteiger partial charge on any atom is 0.150 e. The van der Waals surface area contributed by atoms with Gasteiger partial charge in [0, 0.05) is 38.8 Å². The molecule has 2 N–H and O–H groups in total. The van der Waals surface area contributed by atoms with Gasteiger partial charge in [0.15, 0.2) is 5.82 Å². The molecule has 1 aromatic rings. The fourth-order valence-corrected chi connectivity index (χ4v) is 3.71. The Bertz CT molecular complexity index is 453. The van der Waals surface area contributed by atoms with Crippen molar-refractivity contribution in [1.82, 2.24) is 14.7 Å². The topological polar surface area (TPSA) is 50.3 Å². The maximum atomic E-state index is 6.23. The number of anilines is 2. The van der Waals surface area contributed by atoms with Crippen LogP contribution in [0.1, 0.15) is 38.3 Å². The summed E-state index contributed by atoms with van der Waals surface area (Å²) in [4.78, 5) is 5.10. The van der Waals surface area contributed by atoms with Gasteiger partial charge in [-0.05, 0) is 26.7 Å². The minimum atomic E-state index is 0.840. The van der Waals surface area contributed by atoms with E-state index >= 15 is 0 Å². The van der Waals surface area contributed by atoms with Gasteiger partial charge in [0.25, 0.3) is 0 Å². The molecule has 0 spiro atoms. The number of nitrogens with zero attached hydrogens (tertiary/aromatic N) is 4. The van der Waals surface area contributed by atoms with E-state index in [1.165, 1.54) is 25.7 Å². The van der Waals surface area contributed by atoms with Crippen LogP contribution in [-0.2, 0) is 6.54 Å². The molecule has 0 bridgehead atoms. The van der Waals surface area contributed by atoms with Gasteiger partial charge in [0.05, 0.1) is 11.4 Å². The smallest absolute Gasteiger partial charge is 0.150 e. The van der Waals surface area contributed by atoms with Crippen LogP contribution in [0, 0.1) is 6.92 Å². The molecule has 1 aliphatic carbocycles. The lowest BCUT2D eigenvalue weighted by Gasteiger charge is -2.39. The van der Waals surface area contributed by atoms with Crippen LogP contribution in [0.5, 0.6) is 0 Å². The summed E-state index contributed by atoms with van der Waals surface area (Å²) in [5.41, 5.74) is 8.05. The van der Waals surface area contributed by atoms with Gasteiger partial charge in [-0.3, -0.25) is 4.90 Å². The second-order valence-corrected chi connectivity index (χ2v) is 6.10. The van der Waals surface area contributed by atoms with Crippen LogP contribution in [0.3, 0.4) is 0 Å². The molecule has 5 nitrogen and oxygen atoms in total. The summed E-state index contributed by atoms with van der Waals surface area (Å²) in [6.07, 6.45) is 5.63. The first-order valence-electron chi connectivity index (χ1n) is 8.02. The number of hydrogen-bond donors (Lipinski definition) is 1. The Morgan fingerprint density at radius 2 is 1.80 bits per heavy atom. The number of hydrogen-bond acceptors (Lipinski definition) is 4. The molecule has 0 aromatic carbocycles. The highest BCUT2D eigenvalue weighted by atomic mass is 15.4. The predicted molar refractivity (Wildman–Crippen MR) is 83.1 cm³/mol. The number of aryl methyl sites for hydroxylation is 2. The third-order valence-corrected chi connectivity index (χ3v) is 4.90. The van der Waals surface area contributed by atoms with Crippen LogP contribution >= 0.6 is 0 Å². The zero-order valence-electron chi connectivity index (χ0n) is 12.8. The summed E-state index contributed by atoms with van der Waals surface area (Å²) in [5.74, 6) is 1.14. The van der Waals surface area contributed by atoms with Crippen molar-refractivity contribution in [2.75, 3.05) is 36.8 Å². The molecule has 5 heteroatoms. The molecule has 20 heavy (non-hydrogen) atoms. The van der Waals surface area contributed by atoms with Gasteiger partial charge in [0.1, 0.15) is 0 Å². The number of rotatable bonds is 3. The molecule has 0 radical (unpaired) electrons. The van der Waals surface area contributed by atoms with Crippen molar-refractivity contribution in [2.45, 2.75) is 52.1 Å². The second kappa shape index (κ2) is 5.64. The SMILES string of the molecule is CCn1nc(C)c(N)c1N1CCN(C2CCCC2)CC1. The van der Waals surface area contributed by atoms with E-state index in [2.05, 4.69) is 26.5 Å². The highest BCUT2D eigenvalue weighted by Crippen LogP contribution is 2.29. The lowest BCUT2D eigenvalue weighted by molar-refractivity contribution is 0.187. The number of nitrogens with two attached hydrogens (primary N) is 1. The molecule has 1 aromatic heterocycles. The Morgan fingerprint density at radius 3 is 2.40 bits per heavy atom. The van der Waals surface area contributed by atoms with E-state index < -0.39 is 0 Å². The van der Waals surface area contributed by atoms with Gasteiger partial charge in [-0.2, -0.15) is 5.10 Å². The van der Waals surface area contributed by atoms with Crippen LogP contribution in [0.4, 0.5) is 11.5 Å². The molecule has 2 aliphatic rings. The molecule has 0 amide bonds. The van der Waals surface area contributed by atoms with Gasteiger partial charge >= 0.3 is 0 Å². The van der Waals surface area contributed by atoms with Crippen LogP contribution in [0.15, 0.2) is 0 Å². The second-order valence-electron chi connectivity index (χ2n) is 6.10. The van der Waals surface area contributed by atoms with Gasteiger partial charge < -0.3 is 10.6 Å². The largest absolute Gasteiger partial charge is 0.394 e. The van der Waals surface area contributed by atoms with Crippen LogP contribution < -0.4 is 10.6 Å². The average molecular weight is 277 g/mol. The molecule has 1 aliphatic heterocycles. The highest BCUT2D eigenvalue weighted by Gasteiger charge is 2.28. The van der Waals surface area contributed by atoms with Crippen molar-refractivity contribution in [2.24, 2.45) is 0 Å². The van der Waals surface area contributed by atoms with Crippen molar-refractivity contribution >= 4 is 11.5 Å². The lowest BCUT2D eigenvalue weighted by atomic mass is 10.2. The molecule has 3 rings (SSSR count). The van der Waals surface area contributed by atoms with Crippen LogP contribution in [0.2, 0.25) is 0 Å². The first kappa shape index (κ1) is 13.7. The van der Waals surface area contributed by atoms with Crippen molar-refractivity contribution in [3.05, 3.63) is 5.69 Å². The third-order valence-electron chi connectivity index (χ3n) is 4.90. The predicted octanol–water partition coefficient (Wildman–Crippen LogP) is 1.86. The van der Waals surface area contributed by atoms with Crippen molar-refractivity contribution in [3.63, 3.8) is 0 Å². The first-order valence-corrected chi connectivity index (χ1v) is 8.02. The molecule has 112 valence electrons. The Balaban J connectivity index is 1.68. The summed E-state index contributed by atoms with van der Waals surface area (Å²) in [6, 6.07) is 0.840. The average Bonchev–Trinajstić information content (AvgIpc) is 3.09. The summed E-state index contributed by atoms with van der Waals surface area (Å²) in [7, 11) is 0. The van der Waals surface area contributed by atoms with E-state index in [-0.39, 0.29) is 0 Å². The molecule has 1 saturated heterocycles. The van der Waals surface area contributed by atoms with Gasteiger partial charge in [-0.1, -0.05) is 12.8 Å². The molecule has 2 heterocycles. The van der Waals surface area contributed by atoms with Crippen LogP contribution in [-0.4, -0.2) is 46.9 Å². The Labute approximate surface area is 121 Å². The zero-order valence-corrected chi connectivity index (χ0v) is 12.8. The fourth-order valence-electron chi connectivity index (χ4n) is 3.71. The Hall–Kier alpha value is -1.23. The molecule has 1 saturated carbocycles. The monoisotopic (exact) mass is 277 g/mol. The molecular weight excluding hydrogens is 250 g/mol.